The zero-order chi connectivity index (χ0) is 28.3. The minimum Gasteiger partial charge on any atom is -0.508 e. The van der Waals surface area contributed by atoms with Crippen molar-refractivity contribution < 1.29 is 34.4 Å². The van der Waals surface area contributed by atoms with Gasteiger partial charge < -0.3 is 25.0 Å². The van der Waals surface area contributed by atoms with E-state index >= 15 is 0 Å². The summed E-state index contributed by atoms with van der Waals surface area (Å²) in [7, 11) is 1.88. The largest absolute Gasteiger partial charge is 0.508 e. The summed E-state index contributed by atoms with van der Waals surface area (Å²) in [6, 6.07) is 10.6. The highest BCUT2D eigenvalue weighted by atomic mass is 16.5. The summed E-state index contributed by atoms with van der Waals surface area (Å²) in [5.74, 6) is -0.572. The van der Waals surface area contributed by atoms with Gasteiger partial charge in [-0.05, 0) is 36.7 Å². The summed E-state index contributed by atoms with van der Waals surface area (Å²) in [6.07, 6.45) is 1.44. The normalized spacial score (nSPS) is 11.6. The molecule has 3 N–H and O–H groups in total. The number of ether oxygens (including phenoxy) is 1. The average molecular weight is 529 g/mol. The second-order valence-corrected chi connectivity index (χ2v) is 10.7. The lowest BCUT2D eigenvalue weighted by molar-refractivity contribution is -0.138. The first kappa shape index (κ1) is 30.8. The van der Waals surface area contributed by atoms with Crippen molar-refractivity contribution in [3.05, 3.63) is 58.7 Å². The minimum atomic E-state index is -0.962. The fraction of sp³-hybridized carbons (Fsp3) is 0.483. The molecule has 0 amide bonds. The molecule has 2 rings (SSSR count). The molecular formula is C29H40N2O7. The predicted molar refractivity (Wildman–Crippen MR) is 144 cm³/mol. The van der Waals surface area contributed by atoms with Crippen LogP contribution >= 0.6 is 0 Å². The van der Waals surface area contributed by atoms with Gasteiger partial charge in [0.25, 0.3) is 6.47 Å². The zero-order valence-corrected chi connectivity index (χ0v) is 22.8. The summed E-state index contributed by atoms with van der Waals surface area (Å²) in [6.45, 7) is 7.82. The molecule has 0 aliphatic heterocycles. The van der Waals surface area contributed by atoms with Gasteiger partial charge in [-0.3, -0.25) is 19.3 Å². The molecule has 0 aliphatic rings. The van der Waals surface area contributed by atoms with Gasteiger partial charge in [-0.2, -0.15) is 0 Å². The average Bonchev–Trinajstić information content (AvgIpc) is 2.83. The lowest BCUT2D eigenvalue weighted by atomic mass is 9.87. The number of carboxylic acids is 1. The number of Topliss-reactive ketones (excluding diaryl/α,β-unsaturated/α-hetero) is 1. The van der Waals surface area contributed by atoms with E-state index in [1.807, 2.05) is 50.9 Å². The topological polar surface area (TPSA) is 128 Å². The van der Waals surface area contributed by atoms with Gasteiger partial charge in [0.1, 0.15) is 17.3 Å². The molecule has 0 unspecified atom stereocenters. The van der Waals surface area contributed by atoms with Gasteiger partial charge in [0, 0.05) is 55.6 Å². The maximum Gasteiger partial charge on any atom is 0.317 e. The van der Waals surface area contributed by atoms with Crippen LogP contribution in [0.3, 0.4) is 0 Å². The van der Waals surface area contributed by atoms with Gasteiger partial charge in [-0.25, -0.2) is 0 Å². The van der Waals surface area contributed by atoms with Gasteiger partial charge in [0.2, 0.25) is 0 Å². The van der Waals surface area contributed by atoms with Crippen molar-refractivity contribution in [3.8, 4) is 11.5 Å². The Kier molecular flexibility index (Phi) is 11.7. The highest BCUT2D eigenvalue weighted by Gasteiger charge is 2.21. The van der Waals surface area contributed by atoms with E-state index in [4.69, 9.17) is 4.74 Å². The quantitative estimate of drug-likeness (QED) is 0.222. The molecule has 0 saturated carbocycles. The van der Waals surface area contributed by atoms with Gasteiger partial charge >= 0.3 is 5.97 Å². The summed E-state index contributed by atoms with van der Waals surface area (Å²) in [5, 5.41) is 30.3. The lowest BCUT2D eigenvalue weighted by Crippen LogP contribution is -2.36. The Morgan fingerprint density at radius 2 is 1.50 bits per heavy atom. The van der Waals surface area contributed by atoms with E-state index in [1.54, 1.807) is 23.1 Å². The van der Waals surface area contributed by atoms with Crippen LogP contribution in [0.15, 0.2) is 36.4 Å². The summed E-state index contributed by atoms with van der Waals surface area (Å²) >= 11 is 0. The smallest absolute Gasteiger partial charge is 0.317 e. The molecule has 9 nitrogen and oxygen atoms in total. The Balaban J connectivity index is 1.95. The fourth-order valence-electron chi connectivity index (χ4n) is 3.98. The Bertz CT molecular complexity index is 1090. The summed E-state index contributed by atoms with van der Waals surface area (Å²) < 4.78 is 4.70. The molecule has 38 heavy (non-hydrogen) atoms. The van der Waals surface area contributed by atoms with Gasteiger partial charge in [0.05, 0.1) is 13.2 Å². The van der Waals surface area contributed by atoms with Crippen LogP contribution in [0.25, 0.3) is 0 Å². The van der Waals surface area contributed by atoms with Gasteiger partial charge in [-0.15, -0.1) is 0 Å². The number of phenols is 2. The SMILES string of the molecule is CN(CCN(CC(=O)O)Cc1ccc(CCC(=O)C(C)(C)C)cc1O)Cc1ccc(CCOC=O)cc1O. The van der Waals surface area contributed by atoms with Crippen LogP contribution in [-0.4, -0.2) is 76.6 Å². The third kappa shape index (κ3) is 10.5. The van der Waals surface area contributed by atoms with Crippen molar-refractivity contribution in [1.82, 2.24) is 9.80 Å². The molecule has 2 aromatic carbocycles. The van der Waals surface area contributed by atoms with Crippen LogP contribution in [0.2, 0.25) is 0 Å². The van der Waals surface area contributed by atoms with E-state index in [9.17, 15) is 29.7 Å². The van der Waals surface area contributed by atoms with Crippen LogP contribution in [0.4, 0.5) is 0 Å². The first-order chi connectivity index (χ1) is 17.9. The van der Waals surface area contributed by atoms with Crippen LogP contribution in [0, 0.1) is 5.41 Å². The summed E-state index contributed by atoms with van der Waals surface area (Å²) in [5.41, 5.74) is 2.66. The number of carbonyl (C=O) groups excluding carboxylic acids is 2. The molecule has 0 fully saturated rings. The number of rotatable bonds is 16. The van der Waals surface area contributed by atoms with Crippen molar-refractivity contribution in [3.63, 3.8) is 0 Å². The maximum absolute atomic E-state index is 12.2. The Labute approximate surface area is 224 Å². The van der Waals surface area contributed by atoms with Crippen molar-refractivity contribution in [1.29, 1.82) is 0 Å². The number of hydrogen-bond acceptors (Lipinski definition) is 8. The highest BCUT2D eigenvalue weighted by molar-refractivity contribution is 5.83. The number of hydrogen-bond donors (Lipinski definition) is 3. The number of aryl methyl sites for hydroxylation is 1. The molecule has 2 aromatic rings. The molecule has 208 valence electrons. The highest BCUT2D eigenvalue weighted by Crippen LogP contribution is 2.24. The predicted octanol–water partition coefficient (Wildman–Crippen LogP) is 3.38. The molecule has 0 spiro atoms. The number of carbonyl (C=O) groups is 3. The number of likely N-dealkylation sites (N-methyl/N-ethyl adjacent to an activating group) is 1. The van der Waals surface area contributed by atoms with Crippen LogP contribution in [0.5, 0.6) is 11.5 Å². The van der Waals surface area contributed by atoms with E-state index in [1.165, 1.54) is 0 Å². The van der Waals surface area contributed by atoms with Crippen molar-refractivity contribution in [2.24, 2.45) is 5.41 Å². The first-order valence-corrected chi connectivity index (χ1v) is 12.7. The third-order valence-corrected chi connectivity index (χ3v) is 6.34. The maximum atomic E-state index is 12.2. The van der Waals surface area contributed by atoms with Crippen LogP contribution < -0.4 is 0 Å². The number of carboxylic acid groups (broad SMARTS) is 1. The number of ketones is 1. The Morgan fingerprint density at radius 1 is 0.921 bits per heavy atom. The molecule has 0 bridgehead atoms. The van der Waals surface area contributed by atoms with E-state index in [2.05, 4.69) is 0 Å². The molecule has 0 atom stereocenters. The second-order valence-electron chi connectivity index (χ2n) is 10.7. The minimum absolute atomic E-state index is 0.0815. The first-order valence-electron chi connectivity index (χ1n) is 12.7. The zero-order valence-electron chi connectivity index (χ0n) is 22.8. The van der Waals surface area contributed by atoms with Gasteiger partial charge in [-0.1, -0.05) is 45.0 Å². The number of nitrogens with zero attached hydrogens (tertiary/aromatic N) is 2. The number of aliphatic carboxylic acids is 1. The van der Waals surface area contributed by atoms with Crippen molar-refractivity contribution >= 4 is 18.2 Å². The molecule has 0 aromatic heterocycles. The number of aromatic hydroxyl groups is 2. The van der Waals surface area contributed by atoms with E-state index in [0.717, 1.165) is 16.7 Å². The number of benzene rings is 2. The molecule has 0 radical (unpaired) electrons. The standard InChI is InChI=1S/C29H40N2O7/c1-29(2,3)27(35)10-7-21-5-9-24(26(34)15-21)18-31(19-28(36)37)13-12-30(4)17-23-8-6-22(16-25(23)33)11-14-38-20-32/h5-6,8-9,15-16,20,33-34H,7,10-14,17-19H2,1-4H3,(H,36,37). The Hall–Kier alpha value is -3.43. The van der Waals surface area contributed by atoms with Gasteiger partial charge in [0.15, 0.2) is 0 Å². The van der Waals surface area contributed by atoms with Crippen molar-refractivity contribution in [2.75, 3.05) is 33.3 Å². The second kappa shape index (κ2) is 14.5. The molecular weight excluding hydrogens is 488 g/mol. The van der Waals surface area contributed by atoms with E-state index in [-0.39, 0.29) is 37.0 Å². The number of phenolic OH excluding ortho intramolecular Hbond substituents is 2. The summed E-state index contributed by atoms with van der Waals surface area (Å²) in [4.78, 5) is 37.7. The van der Waals surface area contributed by atoms with E-state index in [0.29, 0.717) is 50.9 Å². The molecule has 9 heteroatoms. The van der Waals surface area contributed by atoms with Crippen LogP contribution in [-0.2, 0) is 45.1 Å². The third-order valence-electron chi connectivity index (χ3n) is 6.34. The van der Waals surface area contributed by atoms with Crippen molar-refractivity contribution in [2.45, 2.75) is 53.1 Å². The lowest BCUT2D eigenvalue weighted by Gasteiger charge is -2.25. The monoisotopic (exact) mass is 528 g/mol. The Morgan fingerprint density at radius 3 is 2.03 bits per heavy atom. The molecule has 0 saturated heterocycles. The van der Waals surface area contributed by atoms with E-state index < -0.39 is 11.4 Å². The van der Waals surface area contributed by atoms with Crippen LogP contribution in [0.1, 0.15) is 49.4 Å². The fourth-order valence-corrected chi connectivity index (χ4v) is 3.98. The molecule has 0 aliphatic carbocycles. The molecule has 0 heterocycles.